The highest BCUT2D eigenvalue weighted by Gasteiger charge is 2.13. The monoisotopic (exact) mass is 222 g/mol. The van der Waals surface area contributed by atoms with Crippen LogP contribution in [0.4, 0.5) is 5.69 Å². The number of amides is 1. The van der Waals surface area contributed by atoms with Gasteiger partial charge in [-0.3, -0.25) is 4.79 Å². The normalized spacial score (nSPS) is 12.2. The van der Waals surface area contributed by atoms with Crippen LogP contribution in [-0.4, -0.2) is 17.6 Å². The summed E-state index contributed by atoms with van der Waals surface area (Å²) in [5.41, 5.74) is 7.51. The number of rotatable bonds is 3. The molecule has 0 spiro atoms. The Morgan fingerprint density at radius 2 is 2.12 bits per heavy atom. The van der Waals surface area contributed by atoms with E-state index in [1.807, 2.05) is 6.92 Å². The van der Waals surface area contributed by atoms with Crippen LogP contribution in [0.15, 0.2) is 12.1 Å². The van der Waals surface area contributed by atoms with Crippen LogP contribution < -0.4 is 11.1 Å². The number of aryl methyl sites for hydroxylation is 1. The van der Waals surface area contributed by atoms with Crippen molar-refractivity contribution in [2.24, 2.45) is 11.7 Å². The molecule has 4 N–H and O–H groups in total. The minimum Gasteiger partial charge on any atom is -0.507 e. The molecule has 0 saturated heterocycles. The van der Waals surface area contributed by atoms with Gasteiger partial charge in [-0.25, -0.2) is 0 Å². The summed E-state index contributed by atoms with van der Waals surface area (Å²) in [6, 6.07) is 3.55. The quantitative estimate of drug-likeness (QED) is 0.726. The van der Waals surface area contributed by atoms with Gasteiger partial charge in [0.05, 0.1) is 0 Å². The molecule has 1 rings (SSSR count). The summed E-state index contributed by atoms with van der Waals surface area (Å²) in [6.45, 7) is 5.66. The Bertz CT molecular complexity index is 402. The third-order valence-corrected chi connectivity index (χ3v) is 2.69. The predicted octanol–water partition coefficient (Wildman–Crippen LogP) is 1.54. The molecule has 1 aromatic rings. The van der Waals surface area contributed by atoms with E-state index in [-0.39, 0.29) is 17.6 Å². The molecule has 0 aliphatic heterocycles. The summed E-state index contributed by atoms with van der Waals surface area (Å²) in [5.74, 6) is -0.144. The summed E-state index contributed by atoms with van der Waals surface area (Å²) < 4.78 is 0. The summed E-state index contributed by atoms with van der Waals surface area (Å²) >= 11 is 0. The fourth-order valence-corrected chi connectivity index (χ4v) is 1.33. The number of benzene rings is 1. The number of anilines is 1. The van der Waals surface area contributed by atoms with Crippen LogP contribution in [0.2, 0.25) is 0 Å². The largest absolute Gasteiger partial charge is 0.507 e. The van der Waals surface area contributed by atoms with Crippen molar-refractivity contribution < 1.29 is 9.90 Å². The first-order valence-corrected chi connectivity index (χ1v) is 5.27. The number of aromatic hydroxyl groups is 1. The fraction of sp³-hybridized carbons (Fsp3) is 0.417. The number of carbonyl (C=O) groups is 1. The van der Waals surface area contributed by atoms with Crippen molar-refractivity contribution in [2.75, 3.05) is 11.9 Å². The fourth-order valence-electron chi connectivity index (χ4n) is 1.33. The zero-order chi connectivity index (χ0) is 12.3. The van der Waals surface area contributed by atoms with Gasteiger partial charge in [0.2, 0.25) is 5.91 Å². The second-order valence-electron chi connectivity index (χ2n) is 4.03. The molecule has 0 aliphatic carbocycles. The molecular weight excluding hydrogens is 204 g/mol. The molecule has 1 unspecified atom stereocenters. The van der Waals surface area contributed by atoms with Crippen LogP contribution in [0.1, 0.15) is 18.1 Å². The number of nitrogens with one attached hydrogen (secondary N) is 1. The summed E-state index contributed by atoms with van der Waals surface area (Å²) in [7, 11) is 0. The van der Waals surface area contributed by atoms with Gasteiger partial charge in [0.15, 0.2) is 0 Å². The highest BCUT2D eigenvalue weighted by atomic mass is 16.3. The Labute approximate surface area is 95.5 Å². The number of phenols is 1. The Balaban J connectivity index is 2.91. The van der Waals surface area contributed by atoms with Gasteiger partial charge in [0.25, 0.3) is 0 Å². The van der Waals surface area contributed by atoms with Gasteiger partial charge in [-0.05, 0) is 25.5 Å². The Hall–Kier alpha value is -1.55. The van der Waals surface area contributed by atoms with E-state index < -0.39 is 0 Å². The molecule has 16 heavy (non-hydrogen) atoms. The predicted molar refractivity (Wildman–Crippen MR) is 64.4 cm³/mol. The third kappa shape index (κ3) is 2.52. The van der Waals surface area contributed by atoms with Crippen molar-refractivity contribution in [2.45, 2.75) is 20.8 Å². The second-order valence-corrected chi connectivity index (χ2v) is 4.03. The molecule has 4 heteroatoms. The molecule has 88 valence electrons. The number of phenolic OH excluding ortho intramolecular Hbond substituents is 1. The maximum atomic E-state index is 11.6. The molecule has 0 radical (unpaired) electrons. The van der Waals surface area contributed by atoms with E-state index in [1.165, 1.54) is 0 Å². The van der Waals surface area contributed by atoms with E-state index in [4.69, 9.17) is 5.73 Å². The summed E-state index contributed by atoms with van der Waals surface area (Å²) in [4.78, 5) is 11.6. The van der Waals surface area contributed by atoms with Gasteiger partial charge in [-0.2, -0.15) is 0 Å². The SMILES string of the molecule is Cc1ccc(NC(=O)C(C)CN)c(C)c1O. The van der Waals surface area contributed by atoms with Crippen molar-refractivity contribution >= 4 is 11.6 Å². The van der Waals surface area contributed by atoms with Gasteiger partial charge in [0.1, 0.15) is 5.75 Å². The van der Waals surface area contributed by atoms with E-state index in [0.717, 1.165) is 5.56 Å². The third-order valence-electron chi connectivity index (χ3n) is 2.69. The maximum absolute atomic E-state index is 11.6. The van der Waals surface area contributed by atoms with Crippen molar-refractivity contribution in [3.05, 3.63) is 23.3 Å². The molecule has 1 amide bonds. The zero-order valence-corrected chi connectivity index (χ0v) is 9.87. The minimum absolute atomic E-state index is 0.131. The van der Waals surface area contributed by atoms with E-state index in [1.54, 1.807) is 26.0 Å². The average Bonchev–Trinajstić information content (AvgIpc) is 2.28. The van der Waals surface area contributed by atoms with Crippen LogP contribution in [0.3, 0.4) is 0 Å². The minimum atomic E-state index is -0.233. The second kappa shape index (κ2) is 4.99. The Morgan fingerprint density at radius 1 is 1.50 bits per heavy atom. The molecule has 1 atom stereocenters. The van der Waals surface area contributed by atoms with Crippen molar-refractivity contribution in [1.82, 2.24) is 0 Å². The first-order chi connectivity index (χ1) is 7.47. The van der Waals surface area contributed by atoms with Crippen LogP contribution in [0, 0.1) is 19.8 Å². The molecule has 0 heterocycles. The maximum Gasteiger partial charge on any atom is 0.228 e. The van der Waals surface area contributed by atoms with E-state index in [2.05, 4.69) is 5.32 Å². The van der Waals surface area contributed by atoms with Crippen molar-refractivity contribution in [3.8, 4) is 5.75 Å². The van der Waals surface area contributed by atoms with Gasteiger partial charge in [-0.1, -0.05) is 13.0 Å². The van der Waals surface area contributed by atoms with E-state index >= 15 is 0 Å². The molecule has 0 saturated carbocycles. The molecule has 0 bridgehead atoms. The molecule has 4 nitrogen and oxygen atoms in total. The first kappa shape index (κ1) is 12.5. The number of carbonyl (C=O) groups excluding carboxylic acids is 1. The van der Waals surface area contributed by atoms with Crippen molar-refractivity contribution in [1.29, 1.82) is 0 Å². The van der Waals surface area contributed by atoms with Gasteiger partial charge in [-0.15, -0.1) is 0 Å². The van der Waals surface area contributed by atoms with Gasteiger partial charge >= 0.3 is 0 Å². The topological polar surface area (TPSA) is 75.4 Å². The lowest BCUT2D eigenvalue weighted by atomic mass is 10.1. The van der Waals surface area contributed by atoms with E-state index in [0.29, 0.717) is 17.8 Å². The average molecular weight is 222 g/mol. The van der Waals surface area contributed by atoms with E-state index in [9.17, 15) is 9.90 Å². The van der Waals surface area contributed by atoms with Crippen molar-refractivity contribution in [3.63, 3.8) is 0 Å². The van der Waals surface area contributed by atoms with Gasteiger partial charge < -0.3 is 16.2 Å². The number of hydrogen-bond donors (Lipinski definition) is 3. The van der Waals surface area contributed by atoms with Crippen LogP contribution in [-0.2, 0) is 4.79 Å². The molecule has 1 aromatic carbocycles. The summed E-state index contributed by atoms with van der Waals surface area (Å²) in [6.07, 6.45) is 0. The lowest BCUT2D eigenvalue weighted by Crippen LogP contribution is -2.26. The first-order valence-electron chi connectivity index (χ1n) is 5.27. The standard InChI is InChI=1S/C12H18N2O2/c1-7-4-5-10(9(3)11(7)15)14-12(16)8(2)6-13/h4-5,8,15H,6,13H2,1-3H3,(H,14,16). The molecule has 0 fully saturated rings. The lowest BCUT2D eigenvalue weighted by Gasteiger charge is -2.13. The summed E-state index contributed by atoms with van der Waals surface area (Å²) in [5, 5.41) is 12.5. The Kier molecular flexibility index (Phi) is 3.90. The highest BCUT2D eigenvalue weighted by Crippen LogP contribution is 2.28. The molecular formula is C12H18N2O2. The lowest BCUT2D eigenvalue weighted by molar-refractivity contribution is -0.119. The van der Waals surface area contributed by atoms with Crippen LogP contribution >= 0.6 is 0 Å². The van der Waals surface area contributed by atoms with Gasteiger partial charge in [0, 0.05) is 23.7 Å². The van der Waals surface area contributed by atoms with Crippen LogP contribution in [0.5, 0.6) is 5.75 Å². The molecule has 0 aliphatic rings. The smallest absolute Gasteiger partial charge is 0.228 e. The number of nitrogens with two attached hydrogens (primary N) is 1. The highest BCUT2D eigenvalue weighted by molar-refractivity contribution is 5.93. The zero-order valence-electron chi connectivity index (χ0n) is 9.87. The number of hydrogen-bond acceptors (Lipinski definition) is 3. The molecule has 0 aromatic heterocycles. The van der Waals surface area contributed by atoms with Crippen LogP contribution in [0.25, 0.3) is 0 Å². The Morgan fingerprint density at radius 3 is 2.69 bits per heavy atom.